The zero-order valence-corrected chi connectivity index (χ0v) is 12.4. The van der Waals surface area contributed by atoms with Gasteiger partial charge in [-0.25, -0.2) is 0 Å². The fourth-order valence-corrected chi connectivity index (χ4v) is 2.21. The lowest BCUT2D eigenvalue weighted by atomic mass is 10.1. The molecule has 0 bridgehead atoms. The molecule has 1 heterocycles. The first-order valence-electron chi connectivity index (χ1n) is 6.62. The van der Waals surface area contributed by atoms with Gasteiger partial charge in [-0.05, 0) is 56.7 Å². The summed E-state index contributed by atoms with van der Waals surface area (Å²) in [5.74, 6) is -0.467. The summed E-state index contributed by atoms with van der Waals surface area (Å²) in [4.78, 5) is 16.4. The van der Waals surface area contributed by atoms with Gasteiger partial charge in [0.05, 0.1) is 16.9 Å². The number of halogens is 3. The average molecular weight is 308 g/mol. The second-order valence-electron chi connectivity index (χ2n) is 5.07. The molecule has 0 aliphatic heterocycles. The van der Waals surface area contributed by atoms with Crippen molar-refractivity contribution >= 4 is 11.6 Å². The summed E-state index contributed by atoms with van der Waals surface area (Å²) in [6.45, 7) is 5.45. The molecule has 2 rings (SSSR count). The zero-order chi connectivity index (χ0) is 16.5. The van der Waals surface area contributed by atoms with Crippen LogP contribution in [0.5, 0.6) is 0 Å². The second kappa shape index (κ2) is 5.79. The Bertz CT molecular complexity index is 683. The number of aryl methyl sites for hydroxylation is 3. The molecule has 6 heteroatoms. The van der Waals surface area contributed by atoms with Gasteiger partial charge in [-0.15, -0.1) is 0 Å². The van der Waals surface area contributed by atoms with Gasteiger partial charge in [-0.1, -0.05) is 0 Å². The second-order valence-corrected chi connectivity index (χ2v) is 5.07. The third kappa shape index (κ3) is 3.44. The van der Waals surface area contributed by atoms with Crippen LogP contribution in [0.2, 0.25) is 0 Å². The Morgan fingerprint density at radius 2 is 1.68 bits per heavy atom. The summed E-state index contributed by atoms with van der Waals surface area (Å²) < 4.78 is 37.5. The lowest BCUT2D eigenvalue weighted by molar-refractivity contribution is -0.137. The number of pyridine rings is 1. The van der Waals surface area contributed by atoms with E-state index in [0.717, 1.165) is 35.5 Å². The number of carbonyl (C=O) groups is 1. The van der Waals surface area contributed by atoms with E-state index < -0.39 is 17.6 Å². The number of anilines is 1. The molecule has 0 unspecified atom stereocenters. The van der Waals surface area contributed by atoms with E-state index >= 15 is 0 Å². The van der Waals surface area contributed by atoms with Crippen LogP contribution in [0.3, 0.4) is 0 Å². The van der Waals surface area contributed by atoms with Crippen LogP contribution in [0.25, 0.3) is 0 Å². The summed E-state index contributed by atoms with van der Waals surface area (Å²) in [5, 5.41) is 2.70. The molecule has 1 aromatic carbocycles. The van der Waals surface area contributed by atoms with Crippen molar-refractivity contribution in [1.29, 1.82) is 0 Å². The maximum absolute atomic E-state index is 12.5. The van der Waals surface area contributed by atoms with Crippen molar-refractivity contribution in [3.63, 3.8) is 0 Å². The topological polar surface area (TPSA) is 42.0 Å². The molecular formula is C16H15F3N2O. The summed E-state index contributed by atoms with van der Waals surface area (Å²) in [6, 6.07) is 5.92. The first kappa shape index (κ1) is 16.0. The number of nitrogens with zero attached hydrogens (tertiary/aromatic N) is 1. The largest absolute Gasteiger partial charge is 0.416 e. The van der Waals surface area contributed by atoms with E-state index in [0.29, 0.717) is 11.4 Å². The Morgan fingerprint density at radius 3 is 2.18 bits per heavy atom. The van der Waals surface area contributed by atoms with E-state index in [-0.39, 0.29) is 5.56 Å². The van der Waals surface area contributed by atoms with Crippen LogP contribution in [0, 0.1) is 20.8 Å². The normalized spacial score (nSPS) is 11.4. The summed E-state index contributed by atoms with van der Waals surface area (Å²) >= 11 is 0. The zero-order valence-electron chi connectivity index (χ0n) is 12.4. The van der Waals surface area contributed by atoms with Crippen LogP contribution in [0.1, 0.15) is 32.9 Å². The average Bonchev–Trinajstić information content (AvgIpc) is 2.41. The van der Waals surface area contributed by atoms with Gasteiger partial charge in [0.2, 0.25) is 0 Å². The maximum Gasteiger partial charge on any atom is 0.416 e. The molecule has 0 atom stereocenters. The minimum absolute atomic E-state index is 0.160. The SMILES string of the molecule is Cc1cc(C)c(NC(=O)c2ccc(C(F)(F)F)cc2)c(C)n1. The Labute approximate surface area is 126 Å². The fraction of sp³-hybridized carbons (Fsp3) is 0.250. The first-order chi connectivity index (χ1) is 10.2. The van der Waals surface area contributed by atoms with E-state index in [2.05, 4.69) is 10.3 Å². The molecule has 0 fully saturated rings. The minimum atomic E-state index is -4.41. The monoisotopic (exact) mass is 308 g/mol. The lowest BCUT2D eigenvalue weighted by Crippen LogP contribution is -2.15. The molecule has 22 heavy (non-hydrogen) atoms. The molecule has 1 aromatic heterocycles. The van der Waals surface area contributed by atoms with Gasteiger partial charge in [-0.3, -0.25) is 9.78 Å². The molecule has 3 nitrogen and oxygen atoms in total. The smallest absolute Gasteiger partial charge is 0.320 e. The number of hydrogen-bond acceptors (Lipinski definition) is 2. The summed E-state index contributed by atoms with van der Waals surface area (Å²) in [6.07, 6.45) is -4.41. The Kier molecular flexibility index (Phi) is 4.21. The number of benzene rings is 1. The van der Waals surface area contributed by atoms with Crippen LogP contribution >= 0.6 is 0 Å². The molecule has 0 spiro atoms. The van der Waals surface area contributed by atoms with Crippen molar-refractivity contribution in [2.24, 2.45) is 0 Å². The summed E-state index contributed by atoms with van der Waals surface area (Å²) in [7, 11) is 0. The third-order valence-electron chi connectivity index (χ3n) is 3.24. The first-order valence-corrected chi connectivity index (χ1v) is 6.62. The van der Waals surface area contributed by atoms with E-state index in [1.807, 2.05) is 19.9 Å². The summed E-state index contributed by atoms with van der Waals surface area (Å²) in [5.41, 5.74) is 2.31. The van der Waals surface area contributed by atoms with Crippen LogP contribution in [-0.4, -0.2) is 10.9 Å². The Morgan fingerprint density at radius 1 is 1.09 bits per heavy atom. The molecule has 1 N–H and O–H groups in total. The highest BCUT2D eigenvalue weighted by atomic mass is 19.4. The van der Waals surface area contributed by atoms with Gasteiger partial charge >= 0.3 is 6.18 Å². The van der Waals surface area contributed by atoms with Crippen molar-refractivity contribution in [1.82, 2.24) is 4.98 Å². The lowest BCUT2D eigenvalue weighted by Gasteiger charge is -2.12. The van der Waals surface area contributed by atoms with E-state index in [9.17, 15) is 18.0 Å². The van der Waals surface area contributed by atoms with Crippen LogP contribution in [0.4, 0.5) is 18.9 Å². The van der Waals surface area contributed by atoms with Gasteiger partial charge < -0.3 is 5.32 Å². The number of aromatic nitrogens is 1. The van der Waals surface area contributed by atoms with Gasteiger partial charge in [0.15, 0.2) is 0 Å². The quantitative estimate of drug-likeness (QED) is 0.900. The van der Waals surface area contributed by atoms with E-state index in [1.165, 1.54) is 0 Å². The standard InChI is InChI=1S/C16H15F3N2O/c1-9-8-10(2)20-11(3)14(9)21-15(22)12-4-6-13(7-5-12)16(17,18)19/h4-8H,1-3H3,(H,21,22). The molecule has 0 saturated carbocycles. The molecule has 0 radical (unpaired) electrons. The third-order valence-corrected chi connectivity index (χ3v) is 3.24. The van der Waals surface area contributed by atoms with Crippen molar-refractivity contribution in [2.45, 2.75) is 26.9 Å². The number of hydrogen-bond donors (Lipinski definition) is 1. The van der Waals surface area contributed by atoms with Crippen molar-refractivity contribution < 1.29 is 18.0 Å². The molecule has 0 aliphatic rings. The van der Waals surface area contributed by atoms with Gasteiger partial charge in [0.25, 0.3) is 5.91 Å². The van der Waals surface area contributed by atoms with E-state index in [1.54, 1.807) is 6.92 Å². The van der Waals surface area contributed by atoms with Gasteiger partial charge in [-0.2, -0.15) is 13.2 Å². The fourth-order valence-electron chi connectivity index (χ4n) is 2.21. The number of alkyl halides is 3. The molecule has 2 aromatic rings. The molecule has 0 aliphatic carbocycles. The highest BCUT2D eigenvalue weighted by Crippen LogP contribution is 2.29. The number of nitrogens with one attached hydrogen (secondary N) is 1. The van der Waals surface area contributed by atoms with Crippen molar-refractivity contribution in [2.75, 3.05) is 5.32 Å². The highest BCUT2D eigenvalue weighted by Gasteiger charge is 2.30. The number of carbonyl (C=O) groups excluding carboxylic acids is 1. The Hall–Kier alpha value is -2.37. The highest BCUT2D eigenvalue weighted by molar-refractivity contribution is 6.04. The number of amides is 1. The van der Waals surface area contributed by atoms with Gasteiger partial charge in [0.1, 0.15) is 0 Å². The number of rotatable bonds is 2. The van der Waals surface area contributed by atoms with Crippen LogP contribution in [0.15, 0.2) is 30.3 Å². The minimum Gasteiger partial charge on any atom is -0.320 e. The molecule has 0 saturated heterocycles. The molecular weight excluding hydrogens is 293 g/mol. The van der Waals surface area contributed by atoms with E-state index in [4.69, 9.17) is 0 Å². The predicted octanol–water partition coefficient (Wildman–Crippen LogP) is 4.28. The van der Waals surface area contributed by atoms with Gasteiger partial charge in [0, 0.05) is 11.3 Å². The van der Waals surface area contributed by atoms with Crippen LogP contribution < -0.4 is 5.32 Å². The molecule has 1 amide bonds. The molecule has 116 valence electrons. The van der Waals surface area contributed by atoms with Crippen molar-refractivity contribution in [3.8, 4) is 0 Å². The van der Waals surface area contributed by atoms with Crippen molar-refractivity contribution in [3.05, 3.63) is 58.4 Å². The maximum atomic E-state index is 12.5. The predicted molar refractivity (Wildman–Crippen MR) is 77.8 cm³/mol. The van der Waals surface area contributed by atoms with Crippen LogP contribution in [-0.2, 0) is 6.18 Å². The Balaban J connectivity index is 2.23.